The van der Waals surface area contributed by atoms with Crippen LogP contribution in [0, 0.1) is 5.41 Å². The largest absolute Gasteiger partial charge is 0.427 e. The van der Waals surface area contributed by atoms with Gasteiger partial charge in [0.05, 0.1) is 11.0 Å². The molecule has 0 aliphatic carbocycles. The first kappa shape index (κ1) is 38.1. The number of amides is 3. The molecule has 0 spiro atoms. The molecule has 2 atom stereocenters. The number of nitrogens with two attached hydrogens (primary N) is 1. The normalized spacial score (nSPS) is 15.9. The Labute approximate surface area is 292 Å². The van der Waals surface area contributed by atoms with Gasteiger partial charge >= 0.3 is 12.1 Å². The molecule has 1 aliphatic rings. The molecule has 7 N–H and O–H groups in total. The lowest BCUT2D eigenvalue weighted by Crippen LogP contribution is -2.57. The fraction of sp³-hybridized carbons (Fsp3) is 0.353. The number of H-pyrrole nitrogens is 1. The Kier molecular flexibility index (Phi) is 15.0. The zero-order valence-corrected chi connectivity index (χ0v) is 28.5. The average Bonchev–Trinajstić information content (AvgIpc) is 3.46. The van der Waals surface area contributed by atoms with Crippen LogP contribution in [0.3, 0.4) is 0 Å². The van der Waals surface area contributed by atoms with E-state index in [4.69, 9.17) is 20.6 Å². The summed E-state index contributed by atoms with van der Waals surface area (Å²) in [6.45, 7) is 3.89. The van der Waals surface area contributed by atoms with Crippen LogP contribution in [0.25, 0.3) is 11.0 Å². The Balaban J connectivity index is 0.00000312. The molecule has 1 saturated heterocycles. The van der Waals surface area contributed by atoms with Gasteiger partial charge in [0.15, 0.2) is 0 Å². The monoisotopic (exact) mass is 698 g/mol. The number of carbonyl (C=O) groups is 2. The standard InChI is InChI=1S/C34H42N8O4.2ClH/c1-2-45-20-6-9-31-39-29-17-16-28(22-30(29)40-31)46-34(44)41-42-19-18-26(38-33(43)37-25-7-4-3-5-8-25)21-27(42)15-12-23-10-13-24(14-11-23)32(35)36;;/h3-5,7-8,10-11,13-14,16-17,22,26-27H,2,6,9,12,15,18-21H2,1H3,(H3,35,36)(H,39,40)(H,41,44)(H2,37,38,43);2*1H. The molecule has 1 aliphatic heterocycles. The predicted molar refractivity (Wildman–Crippen MR) is 192 cm³/mol. The number of piperidine rings is 1. The highest BCUT2D eigenvalue weighted by atomic mass is 35.5. The number of aromatic amines is 1. The topological polar surface area (TPSA) is 170 Å². The number of para-hydroxylation sites is 1. The number of benzene rings is 3. The Hall–Kier alpha value is -4.36. The summed E-state index contributed by atoms with van der Waals surface area (Å²) < 4.78 is 11.1. The van der Waals surface area contributed by atoms with Crippen molar-refractivity contribution in [2.45, 2.75) is 57.5 Å². The Morgan fingerprint density at radius 3 is 2.56 bits per heavy atom. The van der Waals surface area contributed by atoms with Crippen LogP contribution in [-0.2, 0) is 17.6 Å². The van der Waals surface area contributed by atoms with E-state index in [1.54, 1.807) is 12.1 Å². The number of imidazole rings is 1. The van der Waals surface area contributed by atoms with Crippen LogP contribution in [0.4, 0.5) is 15.3 Å². The van der Waals surface area contributed by atoms with E-state index in [-0.39, 0.29) is 48.8 Å². The number of nitrogens with zero attached hydrogens (tertiary/aromatic N) is 2. The molecule has 1 fully saturated rings. The lowest BCUT2D eigenvalue weighted by Gasteiger charge is -2.39. The van der Waals surface area contributed by atoms with Crippen LogP contribution in [0.5, 0.6) is 5.75 Å². The van der Waals surface area contributed by atoms with E-state index in [0.717, 1.165) is 53.8 Å². The van der Waals surface area contributed by atoms with Gasteiger partial charge in [-0.2, -0.15) is 0 Å². The number of aromatic nitrogens is 2. The Bertz CT molecular complexity index is 1620. The zero-order valence-electron chi connectivity index (χ0n) is 26.9. The maximum Gasteiger partial charge on any atom is 0.427 e. The van der Waals surface area contributed by atoms with E-state index in [1.165, 1.54) is 0 Å². The third-order valence-electron chi connectivity index (χ3n) is 7.97. The second-order valence-electron chi connectivity index (χ2n) is 11.3. The molecule has 4 aromatic rings. The maximum absolute atomic E-state index is 13.1. The van der Waals surface area contributed by atoms with Gasteiger partial charge in [-0.1, -0.05) is 42.5 Å². The van der Waals surface area contributed by atoms with Crippen molar-refractivity contribution in [3.8, 4) is 5.75 Å². The summed E-state index contributed by atoms with van der Waals surface area (Å²) in [7, 11) is 0. The van der Waals surface area contributed by atoms with Gasteiger partial charge in [0.2, 0.25) is 0 Å². The van der Waals surface area contributed by atoms with Gasteiger partial charge < -0.3 is 30.8 Å². The number of nitrogen functional groups attached to an aromatic ring is 1. The lowest BCUT2D eigenvalue weighted by atomic mass is 9.93. The zero-order chi connectivity index (χ0) is 32.3. The minimum atomic E-state index is -0.583. The number of carbonyl (C=O) groups excluding carboxylic acids is 2. The van der Waals surface area contributed by atoms with Crippen molar-refractivity contribution in [1.82, 2.24) is 25.7 Å². The fourth-order valence-corrected chi connectivity index (χ4v) is 5.62. The molecule has 3 aromatic carbocycles. The number of rotatable bonds is 13. The van der Waals surface area contributed by atoms with E-state index >= 15 is 0 Å². The maximum atomic E-state index is 13.1. The van der Waals surface area contributed by atoms with Crippen molar-refractivity contribution >= 4 is 59.5 Å². The number of halogens is 2. The molecule has 5 rings (SSSR count). The van der Waals surface area contributed by atoms with Gasteiger partial charge in [-0.25, -0.2) is 19.6 Å². The molecule has 3 amide bonds. The third-order valence-corrected chi connectivity index (χ3v) is 7.97. The molecule has 258 valence electrons. The highest BCUT2D eigenvalue weighted by Gasteiger charge is 2.31. The van der Waals surface area contributed by atoms with Crippen molar-refractivity contribution in [3.63, 3.8) is 0 Å². The predicted octanol–water partition coefficient (Wildman–Crippen LogP) is 5.95. The molecule has 2 heterocycles. The number of hydrazine groups is 1. The number of nitrogens with one attached hydrogen (secondary N) is 5. The number of aryl methyl sites for hydroxylation is 2. The van der Waals surface area contributed by atoms with Gasteiger partial charge in [-0.05, 0) is 68.9 Å². The van der Waals surface area contributed by atoms with Gasteiger partial charge in [0.1, 0.15) is 17.4 Å². The molecular formula is C34H44Cl2N8O4. The molecule has 0 radical (unpaired) electrons. The van der Waals surface area contributed by atoms with Gasteiger partial charge in [0, 0.05) is 55.6 Å². The molecule has 12 nitrogen and oxygen atoms in total. The first-order valence-electron chi connectivity index (χ1n) is 15.7. The number of anilines is 1. The average molecular weight is 700 g/mol. The number of amidine groups is 1. The first-order chi connectivity index (χ1) is 22.4. The summed E-state index contributed by atoms with van der Waals surface area (Å²) in [6.07, 6.45) is 3.81. The van der Waals surface area contributed by atoms with Crippen LogP contribution >= 0.6 is 24.8 Å². The van der Waals surface area contributed by atoms with Gasteiger partial charge in [0.25, 0.3) is 0 Å². The van der Waals surface area contributed by atoms with E-state index < -0.39 is 6.09 Å². The number of hydrogen-bond donors (Lipinski definition) is 6. The fourth-order valence-electron chi connectivity index (χ4n) is 5.62. The molecule has 0 bridgehead atoms. The summed E-state index contributed by atoms with van der Waals surface area (Å²) >= 11 is 0. The van der Waals surface area contributed by atoms with Crippen LogP contribution in [0.2, 0.25) is 0 Å². The van der Waals surface area contributed by atoms with Gasteiger partial charge in [-0.15, -0.1) is 24.8 Å². The summed E-state index contributed by atoms with van der Waals surface area (Å²) in [5.41, 5.74) is 12.6. The van der Waals surface area contributed by atoms with Crippen molar-refractivity contribution in [2.24, 2.45) is 5.73 Å². The Morgan fingerprint density at radius 1 is 1.06 bits per heavy atom. The minimum absolute atomic E-state index is 0. The van der Waals surface area contributed by atoms with Crippen molar-refractivity contribution in [2.75, 3.05) is 25.1 Å². The molecule has 2 unspecified atom stereocenters. The van der Waals surface area contributed by atoms with E-state index in [9.17, 15) is 9.59 Å². The lowest BCUT2D eigenvalue weighted by molar-refractivity contribution is 0.0664. The molecule has 14 heteroatoms. The van der Waals surface area contributed by atoms with Crippen molar-refractivity contribution in [1.29, 1.82) is 5.41 Å². The Morgan fingerprint density at radius 2 is 1.83 bits per heavy atom. The smallest absolute Gasteiger partial charge is 0.409 e. The third kappa shape index (κ3) is 11.1. The summed E-state index contributed by atoms with van der Waals surface area (Å²) in [5.74, 6) is 1.30. The second kappa shape index (κ2) is 18.8. The highest BCUT2D eigenvalue weighted by molar-refractivity contribution is 5.94. The number of fused-ring (bicyclic) bond motifs is 1. The number of urea groups is 1. The van der Waals surface area contributed by atoms with Crippen LogP contribution < -0.4 is 26.5 Å². The van der Waals surface area contributed by atoms with E-state index in [0.29, 0.717) is 43.9 Å². The summed E-state index contributed by atoms with van der Waals surface area (Å²) in [4.78, 5) is 33.7. The van der Waals surface area contributed by atoms with Crippen LogP contribution in [0.1, 0.15) is 49.6 Å². The molecule has 48 heavy (non-hydrogen) atoms. The number of ether oxygens (including phenoxy) is 2. The van der Waals surface area contributed by atoms with Crippen molar-refractivity contribution in [3.05, 3.63) is 89.7 Å². The summed E-state index contributed by atoms with van der Waals surface area (Å²) in [6, 6.07) is 21.8. The quantitative estimate of drug-likeness (QED) is 0.0569. The van der Waals surface area contributed by atoms with Crippen LogP contribution in [0.15, 0.2) is 72.8 Å². The second-order valence-corrected chi connectivity index (χ2v) is 11.3. The number of hydrogen-bond acceptors (Lipinski definition) is 7. The van der Waals surface area contributed by atoms with E-state index in [1.807, 2.05) is 72.6 Å². The molecular weight excluding hydrogens is 655 g/mol. The van der Waals surface area contributed by atoms with Crippen molar-refractivity contribution < 1.29 is 19.1 Å². The van der Waals surface area contributed by atoms with Crippen LogP contribution in [-0.4, -0.2) is 64.8 Å². The first-order valence-corrected chi connectivity index (χ1v) is 15.7. The highest BCUT2D eigenvalue weighted by Crippen LogP contribution is 2.23. The SMILES string of the molecule is CCOCCCc1nc2ccc(OC(=O)NN3CCC(NC(=O)Nc4ccccc4)CC3CCc3ccc(C(=N)N)cc3)cc2[nH]1.Cl.Cl. The van der Waals surface area contributed by atoms with E-state index in [2.05, 4.69) is 26.0 Å². The summed E-state index contributed by atoms with van der Waals surface area (Å²) in [5, 5.41) is 15.5. The molecule has 0 saturated carbocycles. The van der Waals surface area contributed by atoms with Gasteiger partial charge in [-0.3, -0.25) is 10.8 Å². The minimum Gasteiger partial charge on any atom is -0.409 e. The molecule has 1 aromatic heterocycles.